The van der Waals surface area contributed by atoms with E-state index in [2.05, 4.69) is 20.9 Å². The second kappa shape index (κ2) is 4.28. The van der Waals surface area contributed by atoms with E-state index in [0.29, 0.717) is 0 Å². The lowest BCUT2D eigenvalue weighted by Gasteiger charge is -2.04. The molecule has 0 N–H and O–H groups in total. The molecule has 1 nitrogen and oxygen atoms in total. The fourth-order valence-corrected chi connectivity index (χ4v) is 1.41. The van der Waals surface area contributed by atoms with Gasteiger partial charge in [0.25, 0.3) is 6.43 Å². The third-order valence-corrected chi connectivity index (χ3v) is 2.18. The Bertz CT molecular complexity index is 319. The molecule has 6 heteroatoms. The largest absolute Gasteiger partial charge is 0.280 e. The van der Waals surface area contributed by atoms with Crippen molar-refractivity contribution in [2.75, 3.05) is 0 Å². The lowest BCUT2D eigenvalue weighted by Crippen LogP contribution is -1.99. The van der Waals surface area contributed by atoms with Crippen molar-refractivity contribution in [3.63, 3.8) is 0 Å². The van der Waals surface area contributed by atoms with Gasteiger partial charge in [0, 0.05) is 0 Å². The molecule has 0 radical (unpaired) electrons. The molecule has 1 aromatic rings. The average molecular weight is 274 g/mol. The molecule has 0 aliphatic heterocycles. The summed E-state index contributed by atoms with van der Waals surface area (Å²) in [4.78, 5) is 3.36. The Labute approximate surface area is 86.0 Å². The molecule has 0 saturated heterocycles. The van der Waals surface area contributed by atoms with Crippen molar-refractivity contribution in [2.45, 2.75) is 12.3 Å². The lowest BCUT2D eigenvalue weighted by molar-refractivity contribution is 0.145. The predicted molar refractivity (Wildman–Crippen MR) is 46.4 cm³/mol. The predicted octanol–water partition coefficient (Wildman–Crippen LogP) is 3.66. The summed E-state index contributed by atoms with van der Waals surface area (Å²) < 4.78 is 37.3. The Kier molecular flexibility index (Phi) is 3.55. The van der Waals surface area contributed by atoms with Crippen molar-refractivity contribution < 1.29 is 13.2 Å². The van der Waals surface area contributed by atoms with Crippen LogP contribution < -0.4 is 0 Å². The van der Waals surface area contributed by atoms with E-state index >= 15 is 0 Å². The smallest absolute Gasteiger partial charge is 0.247 e. The molecule has 0 aliphatic rings. The van der Waals surface area contributed by atoms with Crippen LogP contribution in [0.1, 0.15) is 17.8 Å². The summed E-state index contributed by atoms with van der Waals surface area (Å²) in [5.74, 6) is -0.926. The van der Waals surface area contributed by atoms with E-state index in [0.717, 1.165) is 6.07 Å². The quantitative estimate of drug-likeness (QED) is 0.750. The molecule has 0 unspecified atom stereocenters. The van der Waals surface area contributed by atoms with Crippen LogP contribution in [0.15, 0.2) is 10.5 Å². The molecule has 0 aromatic carbocycles. The first-order chi connectivity index (χ1) is 6.06. The van der Waals surface area contributed by atoms with E-state index in [1.54, 1.807) is 0 Å². The van der Waals surface area contributed by atoms with Crippen LogP contribution in [0.3, 0.4) is 0 Å². The number of alkyl halides is 3. The summed E-state index contributed by atoms with van der Waals surface area (Å²) in [6.07, 6.45) is -2.72. The van der Waals surface area contributed by atoms with Gasteiger partial charge in [0.05, 0.1) is 16.0 Å². The van der Waals surface area contributed by atoms with Gasteiger partial charge in [0.2, 0.25) is 0 Å². The van der Waals surface area contributed by atoms with Gasteiger partial charge in [-0.1, -0.05) is 0 Å². The van der Waals surface area contributed by atoms with Crippen LogP contribution in [0.4, 0.5) is 13.2 Å². The van der Waals surface area contributed by atoms with Crippen LogP contribution in [-0.4, -0.2) is 4.98 Å². The van der Waals surface area contributed by atoms with Gasteiger partial charge in [-0.05, 0) is 22.0 Å². The van der Waals surface area contributed by atoms with Gasteiger partial charge in [0.1, 0.15) is 5.69 Å². The van der Waals surface area contributed by atoms with Gasteiger partial charge in [-0.15, -0.1) is 11.6 Å². The second-order valence-corrected chi connectivity index (χ2v) is 3.35. The molecule has 1 rings (SSSR count). The standard InChI is InChI=1S/C7H4BrClF3N/c8-3-1-4(7(11)12)13-5(2-9)6(3)10/h1,7H,2H2. The fourth-order valence-electron chi connectivity index (χ4n) is 0.769. The zero-order chi connectivity index (χ0) is 10.0. The van der Waals surface area contributed by atoms with E-state index < -0.39 is 17.9 Å². The molecule has 0 fully saturated rings. The molecule has 0 spiro atoms. The maximum atomic E-state index is 13.0. The monoisotopic (exact) mass is 273 g/mol. The topological polar surface area (TPSA) is 12.9 Å². The van der Waals surface area contributed by atoms with E-state index in [1.807, 2.05) is 0 Å². The van der Waals surface area contributed by atoms with Crippen LogP contribution >= 0.6 is 27.5 Å². The fraction of sp³-hybridized carbons (Fsp3) is 0.286. The van der Waals surface area contributed by atoms with E-state index in [-0.39, 0.29) is 16.0 Å². The first-order valence-electron chi connectivity index (χ1n) is 3.25. The zero-order valence-corrected chi connectivity index (χ0v) is 8.54. The molecule has 0 aliphatic carbocycles. The minimum atomic E-state index is -2.72. The van der Waals surface area contributed by atoms with Gasteiger partial charge in [-0.2, -0.15) is 0 Å². The maximum absolute atomic E-state index is 13.0. The summed E-state index contributed by atoms with van der Waals surface area (Å²) in [7, 11) is 0. The number of aromatic nitrogens is 1. The first kappa shape index (κ1) is 10.8. The van der Waals surface area contributed by atoms with Crippen LogP contribution in [0, 0.1) is 5.82 Å². The van der Waals surface area contributed by atoms with Gasteiger partial charge >= 0.3 is 0 Å². The third-order valence-electron chi connectivity index (χ3n) is 1.35. The van der Waals surface area contributed by atoms with Crippen molar-refractivity contribution in [3.05, 3.63) is 27.7 Å². The average Bonchev–Trinajstić information content (AvgIpc) is 2.09. The van der Waals surface area contributed by atoms with Crippen LogP contribution in [-0.2, 0) is 5.88 Å². The van der Waals surface area contributed by atoms with Crippen molar-refractivity contribution in [1.29, 1.82) is 0 Å². The van der Waals surface area contributed by atoms with Crippen LogP contribution in [0.5, 0.6) is 0 Å². The molecule has 72 valence electrons. The number of nitrogens with zero attached hydrogens (tertiary/aromatic N) is 1. The highest BCUT2D eigenvalue weighted by atomic mass is 79.9. The number of rotatable bonds is 2. The third kappa shape index (κ3) is 2.34. The highest BCUT2D eigenvalue weighted by Crippen LogP contribution is 2.25. The Morgan fingerprint density at radius 3 is 2.62 bits per heavy atom. The molecule has 1 heterocycles. The SMILES string of the molecule is Fc1c(Br)cc(C(F)F)nc1CCl. The zero-order valence-electron chi connectivity index (χ0n) is 6.20. The van der Waals surface area contributed by atoms with Gasteiger partial charge < -0.3 is 0 Å². The van der Waals surface area contributed by atoms with E-state index in [4.69, 9.17) is 11.6 Å². The van der Waals surface area contributed by atoms with Crippen LogP contribution in [0.2, 0.25) is 0 Å². The molecule has 13 heavy (non-hydrogen) atoms. The van der Waals surface area contributed by atoms with Gasteiger partial charge in [-0.3, -0.25) is 0 Å². The number of hydrogen-bond donors (Lipinski definition) is 0. The summed E-state index contributed by atoms with van der Waals surface area (Å²) >= 11 is 8.11. The Morgan fingerprint density at radius 1 is 1.54 bits per heavy atom. The van der Waals surface area contributed by atoms with Gasteiger partial charge in [0.15, 0.2) is 5.82 Å². The maximum Gasteiger partial charge on any atom is 0.280 e. The van der Waals surface area contributed by atoms with Gasteiger partial charge in [-0.25, -0.2) is 18.2 Å². The normalized spacial score (nSPS) is 10.9. The van der Waals surface area contributed by atoms with E-state index in [1.165, 1.54) is 0 Å². The highest BCUT2D eigenvalue weighted by molar-refractivity contribution is 9.10. The summed E-state index contributed by atoms with van der Waals surface area (Å²) in [5.41, 5.74) is -0.657. The first-order valence-corrected chi connectivity index (χ1v) is 4.58. The van der Waals surface area contributed by atoms with Crippen molar-refractivity contribution >= 4 is 27.5 Å². The Hall–Kier alpha value is -0.290. The minimum absolute atomic E-state index is 0.0477. The lowest BCUT2D eigenvalue weighted by atomic mass is 10.3. The molecular weight excluding hydrogens is 270 g/mol. The molecule has 1 aromatic heterocycles. The highest BCUT2D eigenvalue weighted by Gasteiger charge is 2.15. The molecule has 0 atom stereocenters. The van der Waals surface area contributed by atoms with Crippen LogP contribution in [0.25, 0.3) is 0 Å². The number of hydrogen-bond acceptors (Lipinski definition) is 1. The molecule has 0 amide bonds. The molecule has 0 bridgehead atoms. The summed E-state index contributed by atoms with van der Waals surface area (Å²) in [6.45, 7) is 0. The summed E-state index contributed by atoms with van der Waals surface area (Å²) in [5, 5.41) is 0. The van der Waals surface area contributed by atoms with Crippen molar-refractivity contribution in [1.82, 2.24) is 4.98 Å². The van der Waals surface area contributed by atoms with Crippen molar-refractivity contribution in [2.24, 2.45) is 0 Å². The Balaban J connectivity index is 3.22. The Morgan fingerprint density at radius 2 is 2.15 bits per heavy atom. The minimum Gasteiger partial charge on any atom is -0.247 e. The summed E-state index contributed by atoms with van der Waals surface area (Å²) in [6, 6.07) is 0.941. The molecule has 0 saturated carbocycles. The number of halogens is 5. The van der Waals surface area contributed by atoms with E-state index in [9.17, 15) is 13.2 Å². The second-order valence-electron chi connectivity index (χ2n) is 2.22. The van der Waals surface area contributed by atoms with Crippen molar-refractivity contribution in [3.8, 4) is 0 Å². The molecular formula is C7H4BrClF3N. The number of pyridine rings is 1.